The van der Waals surface area contributed by atoms with Crippen molar-refractivity contribution in [1.82, 2.24) is 19.5 Å². The van der Waals surface area contributed by atoms with Gasteiger partial charge in [-0.05, 0) is 24.3 Å². The fourth-order valence-electron chi connectivity index (χ4n) is 2.69. The molecule has 0 fully saturated rings. The average Bonchev–Trinajstić information content (AvgIpc) is 3.32. The van der Waals surface area contributed by atoms with Gasteiger partial charge in [-0.3, -0.25) is 4.79 Å². The number of imidazole rings is 1. The Balaban J connectivity index is 1.45. The number of hydrogen-bond donors (Lipinski definition) is 1. The molecule has 0 bridgehead atoms. The summed E-state index contributed by atoms with van der Waals surface area (Å²) in [4.78, 5) is 12.0. The Morgan fingerprint density at radius 3 is 2.88 bits per heavy atom. The van der Waals surface area contributed by atoms with E-state index in [1.165, 1.54) is 12.1 Å². The molecule has 126 valence electrons. The molecule has 0 saturated heterocycles. The molecule has 0 spiro atoms. The third kappa shape index (κ3) is 2.91. The molecule has 0 aliphatic carbocycles. The molecule has 1 amide bonds. The number of aromatic nitrogens is 3. The molecule has 0 aliphatic rings. The maximum absolute atomic E-state index is 13.6. The molecule has 0 atom stereocenters. The Hall–Kier alpha value is -3.35. The van der Waals surface area contributed by atoms with E-state index in [-0.39, 0.29) is 5.56 Å². The first-order valence-corrected chi connectivity index (χ1v) is 7.83. The second-order valence-corrected chi connectivity index (χ2v) is 5.54. The van der Waals surface area contributed by atoms with Crippen molar-refractivity contribution in [2.24, 2.45) is 0 Å². The van der Waals surface area contributed by atoms with E-state index in [0.717, 1.165) is 11.3 Å². The number of fused-ring (bicyclic) bond motifs is 1. The Kier molecular flexibility index (Phi) is 3.81. The number of nitrogens with one attached hydrogen (secondary N) is 1. The molecule has 6 nitrogen and oxygen atoms in total. The third-order valence-electron chi connectivity index (χ3n) is 3.93. The van der Waals surface area contributed by atoms with E-state index >= 15 is 0 Å². The summed E-state index contributed by atoms with van der Waals surface area (Å²) in [6.45, 7) is 0.915. The van der Waals surface area contributed by atoms with E-state index in [9.17, 15) is 9.18 Å². The SMILES string of the molecule is O=C(NCCn1ccn2nc(-c3ccco3)cc12)c1ccccc1F. The van der Waals surface area contributed by atoms with Gasteiger partial charge in [0.1, 0.15) is 17.2 Å². The molecular weight excluding hydrogens is 323 g/mol. The van der Waals surface area contributed by atoms with Crippen LogP contribution in [0.5, 0.6) is 0 Å². The summed E-state index contributed by atoms with van der Waals surface area (Å²) in [5.41, 5.74) is 1.67. The van der Waals surface area contributed by atoms with Crippen LogP contribution in [-0.4, -0.2) is 26.6 Å². The van der Waals surface area contributed by atoms with Crippen molar-refractivity contribution < 1.29 is 13.6 Å². The van der Waals surface area contributed by atoms with Crippen molar-refractivity contribution in [3.05, 3.63) is 72.5 Å². The van der Waals surface area contributed by atoms with E-state index in [2.05, 4.69) is 10.4 Å². The minimum Gasteiger partial charge on any atom is -0.463 e. The fraction of sp³-hybridized carbons (Fsp3) is 0.111. The maximum atomic E-state index is 13.6. The summed E-state index contributed by atoms with van der Waals surface area (Å²) in [5, 5.41) is 7.17. The van der Waals surface area contributed by atoms with Gasteiger partial charge in [-0.25, -0.2) is 8.91 Å². The highest BCUT2D eigenvalue weighted by molar-refractivity contribution is 5.94. The average molecular weight is 338 g/mol. The molecule has 0 aliphatic heterocycles. The highest BCUT2D eigenvalue weighted by atomic mass is 19.1. The van der Waals surface area contributed by atoms with Crippen molar-refractivity contribution in [3.63, 3.8) is 0 Å². The lowest BCUT2D eigenvalue weighted by Gasteiger charge is -2.07. The number of carbonyl (C=O) groups is 1. The number of halogens is 1. The third-order valence-corrected chi connectivity index (χ3v) is 3.93. The van der Waals surface area contributed by atoms with E-state index in [4.69, 9.17) is 4.42 Å². The van der Waals surface area contributed by atoms with Gasteiger partial charge in [0.15, 0.2) is 5.76 Å². The molecule has 1 N–H and O–H groups in total. The van der Waals surface area contributed by atoms with Crippen molar-refractivity contribution in [2.75, 3.05) is 6.54 Å². The van der Waals surface area contributed by atoms with E-state index in [0.29, 0.717) is 18.8 Å². The smallest absolute Gasteiger partial charge is 0.254 e. The van der Waals surface area contributed by atoms with Crippen LogP contribution in [0.4, 0.5) is 4.39 Å². The number of furan rings is 1. The van der Waals surface area contributed by atoms with E-state index in [1.54, 1.807) is 22.9 Å². The van der Waals surface area contributed by atoms with Crippen LogP contribution in [0, 0.1) is 5.82 Å². The molecule has 0 saturated carbocycles. The van der Waals surface area contributed by atoms with Gasteiger partial charge in [-0.1, -0.05) is 12.1 Å². The summed E-state index contributed by atoms with van der Waals surface area (Å²) in [5.74, 6) is -0.253. The Morgan fingerprint density at radius 1 is 1.20 bits per heavy atom. The molecule has 0 unspecified atom stereocenters. The number of hydrogen-bond acceptors (Lipinski definition) is 3. The van der Waals surface area contributed by atoms with Crippen LogP contribution in [-0.2, 0) is 6.54 Å². The van der Waals surface area contributed by atoms with E-state index < -0.39 is 11.7 Å². The van der Waals surface area contributed by atoms with Gasteiger partial charge >= 0.3 is 0 Å². The van der Waals surface area contributed by atoms with Crippen molar-refractivity contribution in [2.45, 2.75) is 6.54 Å². The molecule has 4 rings (SSSR count). The lowest BCUT2D eigenvalue weighted by atomic mass is 10.2. The van der Waals surface area contributed by atoms with Gasteiger partial charge in [0, 0.05) is 31.5 Å². The summed E-state index contributed by atoms with van der Waals surface area (Å²) in [6, 6.07) is 11.5. The summed E-state index contributed by atoms with van der Waals surface area (Å²) in [7, 11) is 0. The van der Waals surface area contributed by atoms with Crippen LogP contribution in [0.1, 0.15) is 10.4 Å². The lowest BCUT2D eigenvalue weighted by molar-refractivity contribution is 0.0948. The first-order chi connectivity index (χ1) is 12.2. The van der Waals surface area contributed by atoms with Gasteiger partial charge in [0.25, 0.3) is 5.91 Å². The Bertz CT molecular complexity index is 1020. The first kappa shape index (κ1) is 15.2. The molecule has 3 aromatic heterocycles. The van der Waals surface area contributed by atoms with E-state index in [1.807, 2.05) is 35.2 Å². The quantitative estimate of drug-likeness (QED) is 0.608. The lowest BCUT2D eigenvalue weighted by Crippen LogP contribution is -2.27. The normalized spacial score (nSPS) is 11.1. The van der Waals surface area contributed by atoms with Gasteiger partial charge in [-0.15, -0.1) is 0 Å². The molecule has 0 radical (unpaired) electrons. The minimum atomic E-state index is -0.526. The predicted molar refractivity (Wildman–Crippen MR) is 89.6 cm³/mol. The Morgan fingerprint density at radius 2 is 2.08 bits per heavy atom. The zero-order valence-electron chi connectivity index (χ0n) is 13.2. The summed E-state index contributed by atoms with van der Waals surface area (Å²) in [6.07, 6.45) is 5.32. The first-order valence-electron chi connectivity index (χ1n) is 7.83. The molecule has 4 aromatic rings. The highest BCUT2D eigenvalue weighted by Gasteiger charge is 2.12. The zero-order valence-corrected chi connectivity index (χ0v) is 13.2. The fourth-order valence-corrected chi connectivity index (χ4v) is 2.69. The van der Waals surface area contributed by atoms with Crippen LogP contribution < -0.4 is 5.32 Å². The van der Waals surface area contributed by atoms with Gasteiger partial charge in [0.05, 0.1) is 11.8 Å². The second kappa shape index (κ2) is 6.27. The van der Waals surface area contributed by atoms with Gasteiger partial charge < -0.3 is 14.3 Å². The molecule has 1 aromatic carbocycles. The number of benzene rings is 1. The van der Waals surface area contributed by atoms with Crippen LogP contribution >= 0.6 is 0 Å². The molecule has 7 heteroatoms. The largest absolute Gasteiger partial charge is 0.463 e. The summed E-state index contributed by atoms with van der Waals surface area (Å²) >= 11 is 0. The monoisotopic (exact) mass is 338 g/mol. The topological polar surface area (TPSA) is 64.5 Å². The predicted octanol–water partition coefficient (Wildman–Crippen LogP) is 2.96. The van der Waals surface area contributed by atoms with Gasteiger partial charge in [-0.2, -0.15) is 5.10 Å². The second-order valence-electron chi connectivity index (χ2n) is 5.54. The number of carbonyl (C=O) groups excluding carboxylic acids is 1. The van der Waals surface area contributed by atoms with Crippen molar-refractivity contribution in [3.8, 4) is 11.5 Å². The standard InChI is InChI=1S/C18H15FN4O2/c19-14-5-2-1-4-13(14)18(24)20-7-8-22-9-10-23-17(22)12-15(21-23)16-6-3-11-25-16/h1-6,9-12H,7-8H2,(H,20,24). The number of nitrogens with zero attached hydrogens (tertiary/aromatic N) is 3. The molecular formula is C18H15FN4O2. The number of amides is 1. The maximum Gasteiger partial charge on any atom is 0.254 e. The highest BCUT2D eigenvalue weighted by Crippen LogP contribution is 2.20. The van der Waals surface area contributed by atoms with Crippen LogP contribution in [0.2, 0.25) is 0 Å². The molecule has 3 heterocycles. The molecule has 25 heavy (non-hydrogen) atoms. The van der Waals surface area contributed by atoms with Crippen LogP contribution in [0.3, 0.4) is 0 Å². The van der Waals surface area contributed by atoms with Crippen LogP contribution in [0.25, 0.3) is 17.1 Å². The number of rotatable bonds is 5. The zero-order chi connectivity index (χ0) is 17.2. The van der Waals surface area contributed by atoms with Gasteiger partial charge in [0.2, 0.25) is 0 Å². The van der Waals surface area contributed by atoms with Crippen molar-refractivity contribution >= 4 is 11.6 Å². The van der Waals surface area contributed by atoms with Crippen molar-refractivity contribution in [1.29, 1.82) is 0 Å². The minimum absolute atomic E-state index is 0.0459. The Labute approximate surface area is 142 Å². The van der Waals surface area contributed by atoms with Crippen LogP contribution in [0.15, 0.2) is 65.5 Å². The summed E-state index contributed by atoms with van der Waals surface area (Å²) < 4.78 is 22.7.